The summed E-state index contributed by atoms with van der Waals surface area (Å²) in [4.78, 5) is 24.8. The number of nitrogens with one attached hydrogen (secondary N) is 2. The SMILES string of the molecule is O=C(Nc1cc(Cl)cc(Cl)c1)c1cccc(C(=O)NC2CCCC2)c1. The third-order valence-electron chi connectivity index (χ3n) is 4.20. The molecule has 6 heteroatoms. The topological polar surface area (TPSA) is 58.2 Å². The maximum atomic E-state index is 12.4. The van der Waals surface area contributed by atoms with Gasteiger partial charge in [-0.3, -0.25) is 9.59 Å². The number of halogens is 2. The molecule has 0 radical (unpaired) electrons. The van der Waals surface area contributed by atoms with Gasteiger partial charge in [0.2, 0.25) is 0 Å². The van der Waals surface area contributed by atoms with Gasteiger partial charge in [0.15, 0.2) is 0 Å². The molecular weight excluding hydrogens is 359 g/mol. The molecule has 4 nitrogen and oxygen atoms in total. The average Bonchev–Trinajstić information content (AvgIpc) is 3.07. The molecule has 0 saturated heterocycles. The molecule has 0 bridgehead atoms. The zero-order valence-corrected chi connectivity index (χ0v) is 15.0. The largest absolute Gasteiger partial charge is 0.349 e. The van der Waals surface area contributed by atoms with E-state index in [1.165, 1.54) is 0 Å². The van der Waals surface area contributed by atoms with E-state index in [9.17, 15) is 9.59 Å². The maximum absolute atomic E-state index is 12.4. The van der Waals surface area contributed by atoms with E-state index in [0.717, 1.165) is 25.7 Å². The minimum atomic E-state index is -0.325. The number of rotatable bonds is 4. The van der Waals surface area contributed by atoms with Gasteiger partial charge in [0.05, 0.1) is 0 Å². The van der Waals surface area contributed by atoms with Gasteiger partial charge in [-0.05, 0) is 49.2 Å². The summed E-state index contributed by atoms with van der Waals surface area (Å²) >= 11 is 11.9. The third-order valence-corrected chi connectivity index (χ3v) is 4.63. The van der Waals surface area contributed by atoms with Crippen LogP contribution in [0.15, 0.2) is 42.5 Å². The first-order chi connectivity index (χ1) is 12.0. The summed E-state index contributed by atoms with van der Waals surface area (Å²) in [6.07, 6.45) is 4.33. The number of carbonyl (C=O) groups excluding carboxylic acids is 2. The van der Waals surface area contributed by atoms with Crippen LogP contribution in [-0.4, -0.2) is 17.9 Å². The summed E-state index contributed by atoms with van der Waals surface area (Å²) in [6, 6.07) is 11.7. The summed E-state index contributed by atoms with van der Waals surface area (Å²) < 4.78 is 0. The summed E-state index contributed by atoms with van der Waals surface area (Å²) in [5.74, 6) is -0.471. The van der Waals surface area contributed by atoms with Gasteiger partial charge in [-0.2, -0.15) is 0 Å². The molecule has 3 rings (SSSR count). The van der Waals surface area contributed by atoms with Crippen LogP contribution in [0.25, 0.3) is 0 Å². The van der Waals surface area contributed by atoms with Crippen molar-refractivity contribution in [1.82, 2.24) is 5.32 Å². The van der Waals surface area contributed by atoms with Gasteiger partial charge in [-0.1, -0.05) is 42.1 Å². The number of amides is 2. The van der Waals surface area contributed by atoms with Gasteiger partial charge in [0.1, 0.15) is 0 Å². The van der Waals surface area contributed by atoms with Crippen LogP contribution in [-0.2, 0) is 0 Å². The second-order valence-electron chi connectivity index (χ2n) is 6.15. The highest BCUT2D eigenvalue weighted by atomic mass is 35.5. The van der Waals surface area contributed by atoms with Crippen LogP contribution in [0.4, 0.5) is 5.69 Å². The molecule has 25 heavy (non-hydrogen) atoms. The Bertz CT molecular complexity index is 782. The minimum Gasteiger partial charge on any atom is -0.349 e. The summed E-state index contributed by atoms with van der Waals surface area (Å²) in [7, 11) is 0. The smallest absolute Gasteiger partial charge is 0.255 e. The van der Waals surface area contributed by atoms with E-state index in [4.69, 9.17) is 23.2 Å². The van der Waals surface area contributed by atoms with Crippen LogP contribution in [0.3, 0.4) is 0 Å². The van der Waals surface area contributed by atoms with Crippen molar-refractivity contribution in [2.45, 2.75) is 31.7 Å². The first-order valence-electron chi connectivity index (χ1n) is 8.19. The van der Waals surface area contributed by atoms with Crippen molar-refractivity contribution < 1.29 is 9.59 Å². The molecule has 0 aromatic heterocycles. The summed E-state index contributed by atoms with van der Waals surface area (Å²) in [5, 5.41) is 6.63. The lowest BCUT2D eigenvalue weighted by molar-refractivity contribution is 0.0938. The number of hydrogen-bond acceptors (Lipinski definition) is 2. The van der Waals surface area contributed by atoms with E-state index in [1.807, 2.05) is 0 Å². The second-order valence-corrected chi connectivity index (χ2v) is 7.02. The number of benzene rings is 2. The van der Waals surface area contributed by atoms with Crippen LogP contribution in [0.5, 0.6) is 0 Å². The molecule has 0 spiro atoms. The van der Waals surface area contributed by atoms with Gasteiger partial charge >= 0.3 is 0 Å². The third kappa shape index (κ3) is 4.74. The fourth-order valence-electron chi connectivity index (χ4n) is 2.97. The number of hydrogen-bond donors (Lipinski definition) is 2. The Labute approximate surface area is 156 Å². The molecule has 130 valence electrons. The Balaban J connectivity index is 1.71. The highest BCUT2D eigenvalue weighted by Crippen LogP contribution is 2.23. The van der Waals surface area contributed by atoms with Crippen molar-refractivity contribution in [3.8, 4) is 0 Å². The first kappa shape index (κ1) is 17.8. The van der Waals surface area contributed by atoms with Gasteiger partial charge in [-0.25, -0.2) is 0 Å². The standard InChI is InChI=1S/C19H18Cl2N2O2/c20-14-9-15(21)11-17(10-14)23-19(25)13-5-3-4-12(8-13)18(24)22-16-6-1-2-7-16/h3-5,8-11,16H,1-2,6-7H2,(H,22,24)(H,23,25). The molecule has 0 heterocycles. The van der Waals surface area contributed by atoms with E-state index < -0.39 is 0 Å². The van der Waals surface area contributed by atoms with Crippen LogP contribution in [0.1, 0.15) is 46.4 Å². The van der Waals surface area contributed by atoms with Crippen LogP contribution < -0.4 is 10.6 Å². The zero-order chi connectivity index (χ0) is 17.8. The first-order valence-corrected chi connectivity index (χ1v) is 8.95. The molecule has 2 aromatic carbocycles. The van der Waals surface area contributed by atoms with Crippen molar-refractivity contribution in [3.63, 3.8) is 0 Å². The Morgan fingerprint density at radius 3 is 2.12 bits per heavy atom. The molecule has 1 aliphatic carbocycles. The predicted octanol–water partition coefficient (Wildman–Crippen LogP) is 4.92. The fraction of sp³-hybridized carbons (Fsp3) is 0.263. The Kier molecular flexibility index (Phi) is 5.61. The lowest BCUT2D eigenvalue weighted by Gasteiger charge is -2.12. The fourth-order valence-corrected chi connectivity index (χ4v) is 3.50. The predicted molar refractivity (Wildman–Crippen MR) is 101 cm³/mol. The van der Waals surface area contributed by atoms with Gasteiger partial charge in [-0.15, -0.1) is 0 Å². The van der Waals surface area contributed by atoms with E-state index in [-0.39, 0.29) is 17.9 Å². The molecular formula is C19H18Cl2N2O2. The van der Waals surface area contributed by atoms with Gasteiger partial charge < -0.3 is 10.6 Å². The maximum Gasteiger partial charge on any atom is 0.255 e. The molecule has 0 unspecified atom stereocenters. The van der Waals surface area contributed by atoms with Crippen molar-refractivity contribution in [1.29, 1.82) is 0 Å². The number of anilines is 1. The molecule has 0 atom stereocenters. The van der Waals surface area contributed by atoms with Gasteiger partial charge in [0, 0.05) is 32.9 Å². The monoisotopic (exact) mass is 376 g/mol. The molecule has 2 amide bonds. The van der Waals surface area contributed by atoms with Crippen LogP contribution >= 0.6 is 23.2 Å². The highest BCUT2D eigenvalue weighted by Gasteiger charge is 2.18. The summed E-state index contributed by atoms with van der Waals surface area (Å²) in [6.45, 7) is 0. The summed E-state index contributed by atoms with van der Waals surface area (Å²) in [5.41, 5.74) is 1.38. The van der Waals surface area contributed by atoms with Crippen molar-refractivity contribution in [2.75, 3.05) is 5.32 Å². The molecule has 1 saturated carbocycles. The number of carbonyl (C=O) groups is 2. The van der Waals surface area contributed by atoms with E-state index in [2.05, 4.69) is 10.6 Å². The lowest BCUT2D eigenvalue weighted by atomic mass is 10.1. The van der Waals surface area contributed by atoms with Crippen molar-refractivity contribution in [2.24, 2.45) is 0 Å². The second kappa shape index (κ2) is 7.89. The van der Waals surface area contributed by atoms with Crippen molar-refractivity contribution >= 4 is 40.7 Å². The zero-order valence-electron chi connectivity index (χ0n) is 13.5. The molecule has 0 aliphatic heterocycles. The quantitative estimate of drug-likeness (QED) is 0.795. The highest BCUT2D eigenvalue weighted by molar-refractivity contribution is 6.35. The molecule has 2 N–H and O–H groups in total. The lowest BCUT2D eigenvalue weighted by Crippen LogP contribution is -2.32. The van der Waals surface area contributed by atoms with E-state index in [0.29, 0.717) is 26.9 Å². The van der Waals surface area contributed by atoms with Crippen molar-refractivity contribution in [3.05, 3.63) is 63.6 Å². The average molecular weight is 377 g/mol. The molecule has 2 aromatic rings. The van der Waals surface area contributed by atoms with E-state index in [1.54, 1.807) is 42.5 Å². The Morgan fingerprint density at radius 1 is 0.880 bits per heavy atom. The molecule has 1 aliphatic rings. The Morgan fingerprint density at radius 2 is 1.48 bits per heavy atom. The van der Waals surface area contributed by atoms with Crippen LogP contribution in [0, 0.1) is 0 Å². The Hall–Kier alpha value is -2.04. The van der Waals surface area contributed by atoms with Crippen LogP contribution in [0.2, 0.25) is 10.0 Å². The minimum absolute atomic E-state index is 0.146. The molecule has 1 fully saturated rings. The normalized spacial score (nSPS) is 14.3. The van der Waals surface area contributed by atoms with Gasteiger partial charge in [0.25, 0.3) is 11.8 Å². The van der Waals surface area contributed by atoms with E-state index >= 15 is 0 Å².